The maximum absolute atomic E-state index is 12.6. The van der Waals surface area contributed by atoms with E-state index in [0.717, 1.165) is 11.3 Å². The molecule has 138 valence electrons. The molecule has 0 bridgehead atoms. The second-order valence-electron chi connectivity index (χ2n) is 7.43. The fraction of sp³-hybridized carbons (Fsp3) is 0.318. The maximum Gasteiger partial charge on any atom is 0.257 e. The molecular formula is C22H23N3O2. The monoisotopic (exact) mass is 361 g/mol. The van der Waals surface area contributed by atoms with E-state index in [1.54, 1.807) is 0 Å². The van der Waals surface area contributed by atoms with Crippen molar-refractivity contribution >= 4 is 11.6 Å². The highest BCUT2D eigenvalue weighted by atomic mass is 16.5. The molecule has 1 unspecified atom stereocenters. The van der Waals surface area contributed by atoms with Crippen LogP contribution in [0, 0.1) is 27.7 Å². The van der Waals surface area contributed by atoms with Crippen molar-refractivity contribution in [1.82, 2.24) is 10.1 Å². The Labute approximate surface area is 159 Å². The highest BCUT2D eigenvalue weighted by Gasteiger charge is 2.34. The van der Waals surface area contributed by atoms with Crippen molar-refractivity contribution in [3.05, 3.63) is 64.5 Å². The van der Waals surface area contributed by atoms with Gasteiger partial charge in [-0.1, -0.05) is 17.3 Å². The third kappa shape index (κ3) is 3.25. The van der Waals surface area contributed by atoms with Crippen molar-refractivity contribution in [1.29, 1.82) is 0 Å². The van der Waals surface area contributed by atoms with Gasteiger partial charge in [-0.25, -0.2) is 0 Å². The minimum absolute atomic E-state index is 0.0526. The van der Waals surface area contributed by atoms with E-state index >= 15 is 0 Å². The smallest absolute Gasteiger partial charge is 0.257 e. The predicted molar refractivity (Wildman–Crippen MR) is 105 cm³/mol. The van der Waals surface area contributed by atoms with Crippen LogP contribution in [-0.2, 0) is 4.79 Å². The Bertz CT molecular complexity index is 1020. The normalized spacial score (nSPS) is 17.0. The van der Waals surface area contributed by atoms with Gasteiger partial charge in [0.2, 0.25) is 5.91 Å². The zero-order valence-electron chi connectivity index (χ0n) is 16.1. The Kier molecular flexibility index (Phi) is 4.30. The summed E-state index contributed by atoms with van der Waals surface area (Å²) >= 11 is 0. The maximum atomic E-state index is 12.6. The van der Waals surface area contributed by atoms with Crippen LogP contribution in [-0.4, -0.2) is 22.6 Å². The van der Waals surface area contributed by atoms with Gasteiger partial charge in [0.1, 0.15) is 0 Å². The first-order valence-electron chi connectivity index (χ1n) is 9.21. The lowest BCUT2D eigenvalue weighted by Gasteiger charge is -2.17. The molecule has 2 heterocycles. The van der Waals surface area contributed by atoms with E-state index in [1.807, 2.05) is 23.1 Å². The highest BCUT2D eigenvalue weighted by Crippen LogP contribution is 2.32. The second kappa shape index (κ2) is 6.65. The number of aromatic nitrogens is 2. The number of anilines is 1. The van der Waals surface area contributed by atoms with Crippen molar-refractivity contribution in [3.63, 3.8) is 0 Å². The minimum atomic E-state index is -0.0526. The molecule has 1 amide bonds. The topological polar surface area (TPSA) is 59.2 Å². The van der Waals surface area contributed by atoms with E-state index in [4.69, 9.17) is 4.52 Å². The number of aryl methyl sites for hydroxylation is 4. The molecule has 2 aromatic carbocycles. The number of nitrogens with zero attached hydrogens (tertiary/aromatic N) is 3. The molecule has 1 saturated heterocycles. The van der Waals surface area contributed by atoms with Crippen molar-refractivity contribution < 1.29 is 9.32 Å². The molecule has 0 saturated carbocycles. The number of hydrogen-bond donors (Lipinski definition) is 0. The first-order valence-corrected chi connectivity index (χ1v) is 9.21. The molecular weight excluding hydrogens is 338 g/mol. The molecule has 1 aliphatic rings. The van der Waals surface area contributed by atoms with Crippen molar-refractivity contribution in [2.45, 2.75) is 40.0 Å². The lowest BCUT2D eigenvalue weighted by Crippen LogP contribution is -2.24. The van der Waals surface area contributed by atoms with Crippen LogP contribution >= 0.6 is 0 Å². The molecule has 0 N–H and O–H groups in total. The van der Waals surface area contributed by atoms with Gasteiger partial charge < -0.3 is 9.42 Å². The molecule has 4 rings (SSSR count). The van der Waals surface area contributed by atoms with Crippen LogP contribution in [0.5, 0.6) is 0 Å². The minimum Gasteiger partial charge on any atom is -0.334 e. The standard InChI is InChI=1S/C22H23N3O2/c1-13-5-7-17(9-15(13)3)22-23-21(24-27-22)18-11-20(26)25(12-18)19-8-6-14(2)16(4)10-19/h5-10,18H,11-12H2,1-4H3. The van der Waals surface area contributed by atoms with Crippen LogP contribution in [0.3, 0.4) is 0 Å². The Morgan fingerprint density at radius 2 is 1.67 bits per heavy atom. The first kappa shape index (κ1) is 17.5. The number of carbonyl (C=O) groups is 1. The van der Waals surface area contributed by atoms with Crippen LogP contribution < -0.4 is 4.90 Å². The van der Waals surface area contributed by atoms with E-state index in [-0.39, 0.29) is 11.8 Å². The second-order valence-corrected chi connectivity index (χ2v) is 7.43. The molecule has 1 fully saturated rings. The zero-order valence-corrected chi connectivity index (χ0v) is 16.1. The summed E-state index contributed by atoms with van der Waals surface area (Å²) in [7, 11) is 0. The van der Waals surface area contributed by atoms with E-state index in [1.165, 1.54) is 22.3 Å². The van der Waals surface area contributed by atoms with E-state index in [2.05, 4.69) is 56.0 Å². The first-order chi connectivity index (χ1) is 12.9. The molecule has 1 aliphatic heterocycles. The van der Waals surface area contributed by atoms with E-state index < -0.39 is 0 Å². The molecule has 1 aromatic heterocycles. The van der Waals surface area contributed by atoms with Crippen molar-refractivity contribution in [2.75, 3.05) is 11.4 Å². The molecule has 27 heavy (non-hydrogen) atoms. The van der Waals surface area contributed by atoms with Gasteiger partial charge in [-0.15, -0.1) is 0 Å². The Morgan fingerprint density at radius 3 is 2.37 bits per heavy atom. The summed E-state index contributed by atoms with van der Waals surface area (Å²) < 4.78 is 5.48. The van der Waals surface area contributed by atoms with Crippen LogP contribution in [0.1, 0.15) is 40.4 Å². The summed E-state index contributed by atoms with van der Waals surface area (Å²) in [6.07, 6.45) is 0.402. The third-order valence-corrected chi connectivity index (χ3v) is 5.49. The van der Waals surface area contributed by atoms with Crippen molar-refractivity contribution in [2.24, 2.45) is 0 Å². The zero-order chi connectivity index (χ0) is 19.1. The van der Waals surface area contributed by atoms with Crippen molar-refractivity contribution in [3.8, 4) is 11.5 Å². The number of carbonyl (C=O) groups excluding carboxylic acids is 1. The summed E-state index contributed by atoms with van der Waals surface area (Å²) in [4.78, 5) is 18.9. The average molecular weight is 361 g/mol. The van der Waals surface area contributed by atoms with Crippen LogP contribution in [0.25, 0.3) is 11.5 Å². The lowest BCUT2D eigenvalue weighted by atomic mass is 10.1. The number of hydrogen-bond acceptors (Lipinski definition) is 4. The van der Waals surface area contributed by atoms with Gasteiger partial charge in [-0.3, -0.25) is 4.79 Å². The summed E-state index contributed by atoms with van der Waals surface area (Å²) in [5, 5.41) is 4.16. The van der Waals surface area contributed by atoms with E-state index in [9.17, 15) is 4.79 Å². The molecule has 0 spiro atoms. The Hall–Kier alpha value is -2.95. The average Bonchev–Trinajstić information content (AvgIpc) is 3.27. The molecule has 0 radical (unpaired) electrons. The fourth-order valence-corrected chi connectivity index (χ4v) is 3.42. The van der Waals surface area contributed by atoms with Crippen LogP contribution in [0.2, 0.25) is 0 Å². The lowest BCUT2D eigenvalue weighted by molar-refractivity contribution is -0.117. The Balaban J connectivity index is 1.56. The molecule has 1 atom stereocenters. The van der Waals surface area contributed by atoms with E-state index in [0.29, 0.717) is 24.7 Å². The summed E-state index contributed by atoms with van der Waals surface area (Å²) in [6, 6.07) is 12.2. The van der Waals surface area contributed by atoms with Gasteiger partial charge in [-0.2, -0.15) is 4.98 Å². The number of benzene rings is 2. The number of amides is 1. The van der Waals surface area contributed by atoms with Crippen LogP contribution in [0.15, 0.2) is 40.9 Å². The Morgan fingerprint density at radius 1 is 0.963 bits per heavy atom. The highest BCUT2D eigenvalue weighted by molar-refractivity contribution is 5.96. The predicted octanol–water partition coefficient (Wildman–Crippen LogP) is 4.49. The summed E-state index contributed by atoms with van der Waals surface area (Å²) in [5.74, 6) is 1.15. The molecule has 3 aromatic rings. The van der Waals surface area contributed by atoms with Crippen LogP contribution in [0.4, 0.5) is 5.69 Å². The van der Waals surface area contributed by atoms with Gasteiger partial charge >= 0.3 is 0 Å². The summed E-state index contributed by atoms with van der Waals surface area (Å²) in [5.41, 5.74) is 6.65. The fourth-order valence-electron chi connectivity index (χ4n) is 3.42. The molecule has 0 aliphatic carbocycles. The number of rotatable bonds is 3. The van der Waals surface area contributed by atoms with Gasteiger partial charge in [-0.05, 0) is 74.2 Å². The largest absolute Gasteiger partial charge is 0.334 e. The van der Waals surface area contributed by atoms with Gasteiger partial charge in [0.15, 0.2) is 5.82 Å². The third-order valence-electron chi connectivity index (χ3n) is 5.49. The quantitative estimate of drug-likeness (QED) is 0.690. The molecule has 5 heteroatoms. The van der Waals surface area contributed by atoms with Gasteiger partial charge in [0.25, 0.3) is 5.89 Å². The van der Waals surface area contributed by atoms with Gasteiger partial charge in [0.05, 0.1) is 0 Å². The summed E-state index contributed by atoms with van der Waals surface area (Å²) in [6.45, 7) is 8.84. The SMILES string of the molecule is Cc1ccc(-c2nc(C3CC(=O)N(c4ccc(C)c(C)c4)C3)no2)cc1C. The molecule has 5 nitrogen and oxygen atoms in total. The van der Waals surface area contributed by atoms with Gasteiger partial charge in [0, 0.05) is 30.1 Å².